The second-order valence-electron chi connectivity index (χ2n) is 5.53. The van der Waals surface area contributed by atoms with Crippen LogP contribution in [0.4, 0.5) is 0 Å². The number of carbonyl (C=O) groups excluding carboxylic acids is 1. The summed E-state index contributed by atoms with van der Waals surface area (Å²) in [5.74, 6) is 3.30. The highest BCUT2D eigenvalue weighted by atomic mass is 35.5. The number of nitrogens with one attached hydrogen (secondary N) is 1. The van der Waals surface area contributed by atoms with Gasteiger partial charge in [0.1, 0.15) is 6.61 Å². The van der Waals surface area contributed by atoms with E-state index in [1.165, 1.54) is 6.21 Å². The van der Waals surface area contributed by atoms with Gasteiger partial charge in [0.05, 0.1) is 29.5 Å². The van der Waals surface area contributed by atoms with Crippen molar-refractivity contribution in [2.24, 2.45) is 5.10 Å². The zero-order valence-electron chi connectivity index (χ0n) is 16.0. The van der Waals surface area contributed by atoms with E-state index in [-0.39, 0.29) is 16.7 Å². The normalized spacial score (nSPS) is 10.4. The number of ether oxygens (including phenoxy) is 3. The molecule has 6 nitrogen and oxygen atoms in total. The number of nitrogens with zero attached hydrogens (tertiary/aromatic N) is 1. The number of rotatable bonds is 9. The third-order valence-corrected chi connectivity index (χ3v) is 4.07. The summed E-state index contributed by atoms with van der Waals surface area (Å²) < 4.78 is 16.3. The summed E-state index contributed by atoms with van der Waals surface area (Å²) in [5, 5.41) is 4.51. The van der Waals surface area contributed by atoms with Crippen LogP contribution in [0.5, 0.6) is 17.2 Å². The number of benzene rings is 2. The van der Waals surface area contributed by atoms with E-state index in [1.807, 2.05) is 13.8 Å². The fraction of sp³-hybridized carbons (Fsp3) is 0.238. The number of amides is 1. The molecule has 1 amide bonds. The quantitative estimate of drug-likeness (QED) is 0.356. The minimum absolute atomic E-state index is 0.0504. The number of hydrogen-bond donors (Lipinski definition) is 1. The van der Waals surface area contributed by atoms with Gasteiger partial charge in [-0.25, -0.2) is 5.43 Å². The van der Waals surface area contributed by atoms with Crippen molar-refractivity contribution >= 4 is 35.3 Å². The molecule has 0 aromatic heterocycles. The smallest absolute Gasteiger partial charge is 0.271 e. The Kier molecular flexibility index (Phi) is 8.66. The van der Waals surface area contributed by atoms with Crippen LogP contribution in [0, 0.1) is 12.3 Å². The maximum absolute atomic E-state index is 12.4. The second-order valence-corrected chi connectivity index (χ2v) is 6.35. The fourth-order valence-electron chi connectivity index (χ4n) is 2.33. The number of halogens is 2. The van der Waals surface area contributed by atoms with Gasteiger partial charge in [-0.2, -0.15) is 5.10 Å². The van der Waals surface area contributed by atoms with Crippen LogP contribution >= 0.6 is 23.2 Å². The molecule has 0 aliphatic rings. The van der Waals surface area contributed by atoms with Gasteiger partial charge in [-0.3, -0.25) is 4.79 Å². The molecule has 0 bridgehead atoms. The van der Waals surface area contributed by atoms with E-state index in [9.17, 15) is 4.79 Å². The summed E-state index contributed by atoms with van der Waals surface area (Å²) in [6.07, 6.45) is 6.58. The van der Waals surface area contributed by atoms with Crippen molar-refractivity contribution in [3.8, 4) is 29.6 Å². The van der Waals surface area contributed by atoms with Crippen LogP contribution in [-0.4, -0.2) is 31.9 Å². The largest absolute Gasteiger partial charge is 0.490 e. The van der Waals surface area contributed by atoms with Gasteiger partial charge >= 0.3 is 0 Å². The Morgan fingerprint density at radius 1 is 1.10 bits per heavy atom. The molecule has 1 N–H and O–H groups in total. The molecular weight excluding hydrogens is 415 g/mol. The lowest BCUT2D eigenvalue weighted by atomic mass is 10.2. The molecule has 0 saturated carbocycles. The highest BCUT2D eigenvalue weighted by Crippen LogP contribution is 2.33. The molecule has 2 rings (SSSR count). The van der Waals surface area contributed by atoms with E-state index < -0.39 is 5.91 Å². The molecule has 0 fully saturated rings. The number of terminal acetylenes is 1. The van der Waals surface area contributed by atoms with Crippen LogP contribution < -0.4 is 19.6 Å². The first kappa shape index (κ1) is 22.4. The van der Waals surface area contributed by atoms with Crippen molar-refractivity contribution in [2.75, 3.05) is 19.8 Å². The Morgan fingerprint density at radius 3 is 2.38 bits per heavy atom. The lowest BCUT2D eigenvalue weighted by molar-refractivity contribution is 0.0954. The fourth-order valence-corrected chi connectivity index (χ4v) is 2.94. The summed E-state index contributed by atoms with van der Waals surface area (Å²) in [5.41, 5.74) is 3.40. The molecule has 0 aliphatic heterocycles. The maximum Gasteiger partial charge on any atom is 0.271 e. The zero-order valence-corrected chi connectivity index (χ0v) is 17.5. The minimum Gasteiger partial charge on any atom is -0.490 e. The predicted molar refractivity (Wildman–Crippen MR) is 115 cm³/mol. The van der Waals surface area contributed by atoms with Gasteiger partial charge in [-0.05, 0) is 49.7 Å². The standard InChI is InChI=1S/C21H20Cl2N2O4/c1-4-9-29-20-16(22)10-14(11-17(20)23)13-24-25-21(26)15-7-8-18(27-5-2)19(12-15)28-6-3/h1,7-8,10-13H,5-6,9H2,2-3H3,(H,25,26)/b24-13+. The van der Waals surface area contributed by atoms with Crippen molar-refractivity contribution in [1.82, 2.24) is 5.43 Å². The second kappa shape index (κ2) is 11.2. The van der Waals surface area contributed by atoms with Gasteiger partial charge in [0.2, 0.25) is 0 Å². The Morgan fingerprint density at radius 2 is 1.76 bits per heavy atom. The minimum atomic E-state index is -0.406. The highest BCUT2D eigenvalue weighted by Gasteiger charge is 2.12. The first-order valence-corrected chi connectivity index (χ1v) is 9.54. The summed E-state index contributed by atoms with van der Waals surface area (Å²) in [6, 6.07) is 8.11. The van der Waals surface area contributed by atoms with E-state index in [4.69, 9.17) is 43.8 Å². The topological polar surface area (TPSA) is 69.2 Å². The number of hydrazone groups is 1. The Balaban J connectivity index is 2.09. The first-order chi connectivity index (χ1) is 14.0. The lowest BCUT2D eigenvalue weighted by Crippen LogP contribution is -2.17. The Labute approximate surface area is 179 Å². The van der Waals surface area contributed by atoms with Crippen LogP contribution in [0.2, 0.25) is 10.0 Å². The monoisotopic (exact) mass is 434 g/mol. The number of hydrogen-bond acceptors (Lipinski definition) is 5. The molecule has 152 valence electrons. The van der Waals surface area contributed by atoms with Gasteiger partial charge in [-0.15, -0.1) is 6.42 Å². The molecule has 0 unspecified atom stereocenters. The Bertz CT molecular complexity index is 916. The average Bonchev–Trinajstić information content (AvgIpc) is 2.69. The molecule has 2 aromatic carbocycles. The predicted octanol–water partition coefficient (Wildman–Crippen LogP) is 4.57. The van der Waals surface area contributed by atoms with Gasteiger partial charge in [0.25, 0.3) is 5.91 Å². The van der Waals surface area contributed by atoms with Crippen LogP contribution in [0.3, 0.4) is 0 Å². The van der Waals surface area contributed by atoms with Crippen molar-refractivity contribution in [3.63, 3.8) is 0 Å². The van der Waals surface area contributed by atoms with E-state index in [2.05, 4.69) is 16.4 Å². The highest BCUT2D eigenvalue weighted by molar-refractivity contribution is 6.37. The van der Waals surface area contributed by atoms with Crippen molar-refractivity contribution < 1.29 is 19.0 Å². The molecule has 29 heavy (non-hydrogen) atoms. The van der Waals surface area contributed by atoms with Gasteiger partial charge < -0.3 is 14.2 Å². The summed E-state index contributed by atoms with van der Waals surface area (Å²) in [4.78, 5) is 12.4. The summed E-state index contributed by atoms with van der Waals surface area (Å²) in [7, 11) is 0. The SMILES string of the molecule is C#CCOc1c(Cl)cc(/C=N/NC(=O)c2ccc(OCC)c(OCC)c2)cc1Cl. The molecule has 0 heterocycles. The van der Waals surface area contributed by atoms with Crippen LogP contribution in [0.1, 0.15) is 29.8 Å². The average molecular weight is 435 g/mol. The van der Waals surface area contributed by atoms with E-state index in [1.54, 1.807) is 30.3 Å². The molecular formula is C21H20Cl2N2O4. The first-order valence-electron chi connectivity index (χ1n) is 8.78. The lowest BCUT2D eigenvalue weighted by Gasteiger charge is -2.11. The maximum atomic E-state index is 12.4. The summed E-state index contributed by atoms with van der Waals surface area (Å²) >= 11 is 12.3. The van der Waals surface area contributed by atoms with Gasteiger partial charge in [0.15, 0.2) is 17.2 Å². The Hall–Kier alpha value is -2.88. The molecule has 0 spiro atoms. The molecule has 0 radical (unpaired) electrons. The summed E-state index contributed by atoms with van der Waals surface area (Å²) in [6.45, 7) is 4.72. The van der Waals surface area contributed by atoms with Crippen molar-refractivity contribution in [3.05, 3.63) is 51.5 Å². The van der Waals surface area contributed by atoms with Crippen LogP contribution in [-0.2, 0) is 0 Å². The molecule has 0 saturated heterocycles. The molecule has 8 heteroatoms. The zero-order chi connectivity index (χ0) is 21.2. The van der Waals surface area contributed by atoms with E-state index in [0.717, 1.165) is 0 Å². The third-order valence-electron chi connectivity index (χ3n) is 3.51. The number of carbonyl (C=O) groups is 1. The molecule has 0 atom stereocenters. The van der Waals surface area contributed by atoms with Gasteiger partial charge in [0, 0.05) is 5.56 Å². The van der Waals surface area contributed by atoms with Crippen molar-refractivity contribution in [1.29, 1.82) is 0 Å². The molecule has 0 aliphatic carbocycles. The van der Waals surface area contributed by atoms with Crippen LogP contribution in [0.15, 0.2) is 35.4 Å². The third kappa shape index (κ3) is 6.31. The molecule has 2 aromatic rings. The van der Waals surface area contributed by atoms with Crippen LogP contribution in [0.25, 0.3) is 0 Å². The van der Waals surface area contributed by atoms with Crippen molar-refractivity contribution in [2.45, 2.75) is 13.8 Å². The van der Waals surface area contributed by atoms with E-state index in [0.29, 0.717) is 41.6 Å². The van der Waals surface area contributed by atoms with E-state index >= 15 is 0 Å². The van der Waals surface area contributed by atoms with Gasteiger partial charge in [-0.1, -0.05) is 29.1 Å².